The molecule has 1 unspecified atom stereocenters. The van der Waals surface area contributed by atoms with E-state index in [1.807, 2.05) is 0 Å². The highest BCUT2D eigenvalue weighted by molar-refractivity contribution is 7.15. The Balaban J connectivity index is 1.98. The Labute approximate surface area is 101 Å². The molecule has 2 heterocycles. The van der Waals surface area contributed by atoms with E-state index in [1.54, 1.807) is 11.6 Å². The largest absolute Gasteiger partial charge is 0.372 e. The summed E-state index contributed by atoms with van der Waals surface area (Å²) >= 11 is 1.40. The van der Waals surface area contributed by atoms with E-state index in [0.717, 1.165) is 0 Å². The molecule has 0 aromatic carbocycles. The number of fused-ring (bicyclic) bond motifs is 1. The molecule has 3 rings (SSSR count). The molecule has 0 bridgehead atoms. The summed E-state index contributed by atoms with van der Waals surface area (Å²) in [4.78, 5) is 15.6. The third-order valence-electron chi connectivity index (χ3n) is 3.10. The summed E-state index contributed by atoms with van der Waals surface area (Å²) in [5.74, 6) is 1.06. The van der Waals surface area contributed by atoms with Gasteiger partial charge in [0, 0.05) is 11.4 Å². The lowest BCUT2D eigenvalue weighted by Gasteiger charge is -2.10. The molecular weight excluding hydrogens is 240 g/mol. The van der Waals surface area contributed by atoms with Gasteiger partial charge in [-0.15, -0.1) is 0 Å². The molecule has 1 atom stereocenters. The van der Waals surface area contributed by atoms with Gasteiger partial charge in [-0.1, -0.05) is 11.3 Å². The van der Waals surface area contributed by atoms with Gasteiger partial charge in [-0.3, -0.25) is 0 Å². The molecule has 1 fully saturated rings. The zero-order valence-electron chi connectivity index (χ0n) is 9.29. The molecule has 0 aliphatic heterocycles. The van der Waals surface area contributed by atoms with Crippen LogP contribution >= 0.6 is 11.3 Å². The molecule has 2 aromatic rings. The number of nitrogens with one attached hydrogen (secondary N) is 1. The summed E-state index contributed by atoms with van der Waals surface area (Å²) in [7, 11) is 0. The fourth-order valence-corrected chi connectivity index (χ4v) is 2.68. The monoisotopic (exact) mass is 252 g/mol. The number of imidazole rings is 1. The second kappa shape index (κ2) is 3.69. The molecule has 0 amide bonds. The van der Waals surface area contributed by atoms with Crippen LogP contribution in [0.15, 0.2) is 11.6 Å². The number of nitrogens with zero attached hydrogens (tertiary/aromatic N) is 3. The number of aromatic nitrogens is 2. The van der Waals surface area contributed by atoms with Gasteiger partial charge in [0.25, 0.3) is 4.96 Å². The predicted molar refractivity (Wildman–Crippen MR) is 65.5 cm³/mol. The normalized spacial score (nSPS) is 17.2. The zero-order valence-corrected chi connectivity index (χ0v) is 10.1. The molecule has 90 valence electrons. The second-order valence-corrected chi connectivity index (χ2v) is 5.24. The van der Waals surface area contributed by atoms with E-state index < -0.39 is 0 Å². The molecule has 7 heteroatoms. The first-order valence-corrected chi connectivity index (χ1v) is 6.41. The molecular formula is C10H12N4O2S. The molecule has 17 heavy (non-hydrogen) atoms. The minimum absolute atomic E-state index is 0.0359. The van der Waals surface area contributed by atoms with Crippen molar-refractivity contribution < 1.29 is 4.92 Å². The van der Waals surface area contributed by atoms with Gasteiger partial charge in [0.15, 0.2) is 0 Å². The van der Waals surface area contributed by atoms with Gasteiger partial charge >= 0.3 is 5.82 Å². The first-order valence-electron chi connectivity index (χ1n) is 5.53. The van der Waals surface area contributed by atoms with Gasteiger partial charge < -0.3 is 15.4 Å². The summed E-state index contributed by atoms with van der Waals surface area (Å²) < 4.78 is 1.52. The fourth-order valence-electron chi connectivity index (χ4n) is 1.97. The maximum absolute atomic E-state index is 11.1. The van der Waals surface area contributed by atoms with Gasteiger partial charge in [-0.25, -0.2) is 0 Å². The van der Waals surface area contributed by atoms with Crippen LogP contribution in [0.25, 0.3) is 4.96 Å². The highest BCUT2D eigenvalue weighted by atomic mass is 32.1. The lowest BCUT2D eigenvalue weighted by molar-refractivity contribution is -0.389. The van der Waals surface area contributed by atoms with Crippen molar-refractivity contribution in [1.82, 2.24) is 9.38 Å². The SMILES string of the molecule is CC(Nc1nc2sccn2c1[N+](=O)[O-])C1CC1. The average Bonchev–Trinajstić information content (AvgIpc) is 2.92. The Hall–Kier alpha value is -1.63. The number of nitro groups is 1. The molecule has 1 saturated carbocycles. The standard InChI is InChI=1S/C10H12N4O2S/c1-6(7-2-3-7)11-8-9(14(15)16)13-4-5-17-10(13)12-8/h4-7,11H,2-3H2,1H3. The van der Waals surface area contributed by atoms with Crippen LogP contribution < -0.4 is 5.32 Å². The van der Waals surface area contributed by atoms with Gasteiger partial charge in [-0.05, 0) is 30.6 Å². The van der Waals surface area contributed by atoms with Crippen molar-refractivity contribution in [3.05, 3.63) is 21.7 Å². The van der Waals surface area contributed by atoms with Crippen LogP contribution in [0.4, 0.5) is 11.6 Å². The first kappa shape index (κ1) is 10.5. The number of thiazole rings is 1. The summed E-state index contributed by atoms with van der Waals surface area (Å²) in [6.07, 6.45) is 4.08. The summed E-state index contributed by atoms with van der Waals surface area (Å²) in [6.45, 7) is 2.05. The highest BCUT2D eigenvalue weighted by Gasteiger charge is 2.31. The number of anilines is 1. The van der Waals surface area contributed by atoms with Gasteiger partial charge in [0.1, 0.15) is 6.20 Å². The minimum Gasteiger partial charge on any atom is -0.360 e. The van der Waals surface area contributed by atoms with Crippen LogP contribution in [-0.2, 0) is 0 Å². The third kappa shape index (κ3) is 1.76. The summed E-state index contributed by atoms with van der Waals surface area (Å²) in [5, 5.41) is 16.0. The Morgan fingerprint density at radius 2 is 2.47 bits per heavy atom. The van der Waals surface area contributed by atoms with E-state index in [-0.39, 0.29) is 16.8 Å². The van der Waals surface area contributed by atoms with Crippen molar-refractivity contribution >= 4 is 27.9 Å². The molecule has 1 aliphatic carbocycles. The minimum atomic E-state index is -0.380. The maximum Gasteiger partial charge on any atom is 0.372 e. The highest BCUT2D eigenvalue weighted by Crippen LogP contribution is 2.36. The van der Waals surface area contributed by atoms with Gasteiger partial charge in [0.05, 0.1) is 0 Å². The first-order chi connectivity index (χ1) is 8.16. The average molecular weight is 252 g/mol. The van der Waals surface area contributed by atoms with Crippen LogP contribution in [-0.4, -0.2) is 20.3 Å². The Morgan fingerprint density at radius 3 is 3.12 bits per heavy atom. The predicted octanol–water partition coefficient (Wildman–Crippen LogP) is 2.51. The van der Waals surface area contributed by atoms with Gasteiger partial charge in [-0.2, -0.15) is 9.38 Å². The quantitative estimate of drug-likeness (QED) is 0.670. The lowest BCUT2D eigenvalue weighted by Crippen LogP contribution is -2.18. The molecule has 1 aliphatic rings. The molecule has 6 nitrogen and oxygen atoms in total. The van der Waals surface area contributed by atoms with Crippen molar-refractivity contribution in [2.75, 3.05) is 5.32 Å². The van der Waals surface area contributed by atoms with Crippen molar-refractivity contribution in [1.29, 1.82) is 0 Å². The van der Waals surface area contributed by atoms with Crippen molar-refractivity contribution in [3.8, 4) is 0 Å². The lowest BCUT2D eigenvalue weighted by atomic mass is 10.2. The van der Waals surface area contributed by atoms with Crippen LogP contribution in [0.3, 0.4) is 0 Å². The smallest absolute Gasteiger partial charge is 0.360 e. The van der Waals surface area contributed by atoms with Crippen molar-refractivity contribution in [2.24, 2.45) is 5.92 Å². The second-order valence-electron chi connectivity index (χ2n) is 4.37. The molecule has 0 radical (unpaired) electrons. The third-order valence-corrected chi connectivity index (χ3v) is 3.86. The number of hydrogen-bond acceptors (Lipinski definition) is 5. The van der Waals surface area contributed by atoms with Crippen molar-refractivity contribution in [3.63, 3.8) is 0 Å². The maximum atomic E-state index is 11.1. The van der Waals surface area contributed by atoms with Crippen LogP contribution in [0.2, 0.25) is 0 Å². The topological polar surface area (TPSA) is 72.5 Å². The molecule has 1 N–H and O–H groups in total. The van der Waals surface area contributed by atoms with E-state index in [4.69, 9.17) is 0 Å². The van der Waals surface area contributed by atoms with Crippen LogP contribution in [0.1, 0.15) is 19.8 Å². The molecule has 0 saturated heterocycles. The molecule has 2 aromatic heterocycles. The van der Waals surface area contributed by atoms with E-state index in [9.17, 15) is 10.1 Å². The van der Waals surface area contributed by atoms with E-state index in [1.165, 1.54) is 28.6 Å². The van der Waals surface area contributed by atoms with Crippen LogP contribution in [0, 0.1) is 16.0 Å². The molecule has 0 spiro atoms. The number of hydrogen-bond donors (Lipinski definition) is 1. The van der Waals surface area contributed by atoms with Crippen LogP contribution in [0.5, 0.6) is 0 Å². The Bertz CT molecular complexity index is 572. The Morgan fingerprint density at radius 1 is 1.71 bits per heavy atom. The number of rotatable bonds is 4. The summed E-state index contributed by atoms with van der Waals surface area (Å²) in [5.41, 5.74) is 0. The van der Waals surface area contributed by atoms with E-state index in [2.05, 4.69) is 17.2 Å². The van der Waals surface area contributed by atoms with Gasteiger partial charge in [0.2, 0.25) is 5.82 Å². The van der Waals surface area contributed by atoms with E-state index in [0.29, 0.717) is 16.7 Å². The van der Waals surface area contributed by atoms with Crippen molar-refractivity contribution in [2.45, 2.75) is 25.8 Å². The Kier molecular flexibility index (Phi) is 2.29. The summed E-state index contributed by atoms with van der Waals surface area (Å²) in [6, 6.07) is 0.248. The van der Waals surface area contributed by atoms with E-state index >= 15 is 0 Å². The fraction of sp³-hybridized carbons (Fsp3) is 0.500. The zero-order chi connectivity index (χ0) is 12.0.